The van der Waals surface area contributed by atoms with Crippen LogP contribution in [-0.2, 0) is 26.0 Å². The Labute approximate surface area is 129 Å². The smallest absolute Gasteiger partial charge is 0.341 e. The van der Waals surface area contributed by atoms with Crippen molar-refractivity contribution in [3.8, 4) is 5.75 Å². The molecule has 0 atom stereocenters. The minimum atomic E-state index is -4.22. The second-order valence-corrected chi connectivity index (χ2v) is 5.86. The number of carbonyl (C=O) groups is 2. The topological polar surface area (TPSA) is 107 Å². The van der Waals surface area contributed by atoms with Crippen LogP contribution in [0.15, 0.2) is 18.2 Å². The highest BCUT2D eigenvalue weighted by molar-refractivity contribution is 7.85. The Hall–Kier alpha value is -1.87. The van der Waals surface area contributed by atoms with Gasteiger partial charge in [-0.15, -0.1) is 0 Å². The van der Waals surface area contributed by atoms with Crippen LogP contribution in [-0.4, -0.2) is 45.1 Å². The van der Waals surface area contributed by atoms with E-state index >= 15 is 0 Å². The molecule has 0 fully saturated rings. The van der Waals surface area contributed by atoms with Crippen LogP contribution in [0.5, 0.6) is 5.75 Å². The molecule has 1 aromatic rings. The van der Waals surface area contributed by atoms with E-state index in [1.807, 2.05) is 0 Å². The molecule has 1 N–H and O–H groups in total. The van der Waals surface area contributed by atoms with Crippen LogP contribution in [0.3, 0.4) is 0 Å². The molecule has 0 saturated carbocycles. The Morgan fingerprint density at radius 1 is 1.32 bits per heavy atom. The summed E-state index contributed by atoms with van der Waals surface area (Å²) >= 11 is 0. The molecule has 2 radical (unpaired) electrons. The lowest BCUT2D eigenvalue weighted by molar-refractivity contribution is -0.134. The molecule has 0 saturated heterocycles. The Morgan fingerprint density at radius 3 is 2.55 bits per heavy atom. The van der Waals surface area contributed by atoms with Gasteiger partial charge >= 0.3 is 11.9 Å². The Balaban J connectivity index is 2.91. The summed E-state index contributed by atoms with van der Waals surface area (Å²) in [4.78, 5) is 23.3. The van der Waals surface area contributed by atoms with Crippen molar-refractivity contribution < 1.29 is 32.0 Å². The average Bonchev–Trinajstić information content (AvgIpc) is 2.45. The molecule has 0 heterocycles. The summed E-state index contributed by atoms with van der Waals surface area (Å²) in [7, 11) is 1.26. The molecule has 0 aliphatic rings. The van der Waals surface area contributed by atoms with Gasteiger partial charge in [0.05, 0.1) is 7.85 Å². The van der Waals surface area contributed by atoms with E-state index in [1.165, 1.54) is 12.1 Å². The highest BCUT2D eigenvalue weighted by atomic mass is 32.2. The van der Waals surface area contributed by atoms with Crippen molar-refractivity contribution in [1.29, 1.82) is 0 Å². The first-order valence-corrected chi connectivity index (χ1v) is 8.03. The van der Waals surface area contributed by atoms with Gasteiger partial charge in [0.15, 0.2) is 0 Å². The molecule has 7 nitrogen and oxygen atoms in total. The van der Waals surface area contributed by atoms with E-state index in [-0.39, 0.29) is 24.1 Å². The average molecular weight is 326 g/mol. The Morgan fingerprint density at radius 2 is 2.00 bits per heavy atom. The molecule has 22 heavy (non-hydrogen) atoms. The number of ether oxygens (including phenoxy) is 2. The van der Waals surface area contributed by atoms with Crippen LogP contribution in [0.4, 0.5) is 0 Å². The van der Waals surface area contributed by atoms with Crippen LogP contribution in [0.1, 0.15) is 29.3 Å². The van der Waals surface area contributed by atoms with Gasteiger partial charge in [0.2, 0.25) is 0 Å². The lowest BCUT2D eigenvalue weighted by Gasteiger charge is -2.11. The largest absolute Gasteiger partial charge is 0.461 e. The molecular formula is C13H15BO7S. The lowest BCUT2D eigenvalue weighted by Crippen LogP contribution is -2.16. The molecular weight excluding hydrogens is 311 g/mol. The molecule has 0 spiro atoms. The predicted molar refractivity (Wildman–Crippen MR) is 78.5 cm³/mol. The Bertz CT molecular complexity index is 654. The molecule has 118 valence electrons. The summed E-state index contributed by atoms with van der Waals surface area (Å²) in [5.74, 6) is -2.14. The van der Waals surface area contributed by atoms with E-state index in [1.54, 1.807) is 13.0 Å². The van der Waals surface area contributed by atoms with Crippen LogP contribution in [0.2, 0.25) is 0 Å². The maximum Gasteiger partial charge on any atom is 0.341 e. The molecule has 9 heteroatoms. The highest BCUT2D eigenvalue weighted by Gasteiger charge is 2.17. The normalized spacial score (nSPS) is 11.0. The molecule has 0 amide bonds. The highest BCUT2D eigenvalue weighted by Crippen LogP contribution is 2.22. The quantitative estimate of drug-likeness (QED) is 0.340. The fourth-order valence-corrected chi connectivity index (χ4v) is 1.75. The predicted octanol–water partition coefficient (Wildman–Crippen LogP) is 0.715. The first-order chi connectivity index (χ1) is 10.3. The number of rotatable bonds is 7. The second kappa shape index (κ2) is 7.95. The van der Waals surface area contributed by atoms with Gasteiger partial charge in [-0.3, -0.25) is 9.35 Å². The molecule has 0 aliphatic carbocycles. The SMILES string of the molecule is [B]Cc1ccc(C(=O)OCCS(=O)(=O)O)c(OC(=O)CC)c1. The van der Waals surface area contributed by atoms with Crippen LogP contribution < -0.4 is 4.74 Å². The van der Waals surface area contributed by atoms with Gasteiger partial charge < -0.3 is 9.47 Å². The standard InChI is InChI=1S/C13H15BO7S/c1-2-12(15)21-11-7-9(8-14)3-4-10(11)13(16)20-5-6-22(17,18)19/h3-4,7H,2,5-6,8H2,1H3,(H,17,18,19). The summed E-state index contributed by atoms with van der Waals surface area (Å²) < 4.78 is 39.5. The van der Waals surface area contributed by atoms with Crippen molar-refractivity contribution in [2.24, 2.45) is 0 Å². The number of carbonyl (C=O) groups excluding carboxylic acids is 2. The van der Waals surface area contributed by atoms with E-state index in [4.69, 9.17) is 21.9 Å². The van der Waals surface area contributed by atoms with Crippen LogP contribution in [0, 0.1) is 0 Å². The van der Waals surface area contributed by atoms with Gasteiger partial charge in [-0.1, -0.05) is 24.9 Å². The van der Waals surface area contributed by atoms with Crippen molar-refractivity contribution in [2.45, 2.75) is 19.7 Å². The van der Waals surface area contributed by atoms with Gasteiger partial charge in [-0.05, 0) is 12.1 Å². The van der Waals surface area contributed by atoms with Gasteiger partial charge in [0.25, 0.3) is 10.1 Å². The van der Waals surface area contributed by atoms with Crippen LogP contribution in [0.25, 0.3) is 0 Å². The summed E-state index contributed by atoms with van der Waals surface area (Å²) in [6.07, 6.45) is 0.304. The summed E-state index contributed by atoms with van der Waals surface area (Å²) in [6, 6.07) is 4.37. The van der Waals surface area contributed by atoms with Gasteiger partial charge in [0, 0.05) is 6.42 Å². The minimum Gasteiger partial charge on any atom is -0.461 e. The van der Waals surface area contributed by atoms with E-state index in [0.29, 0.717) is 5.56 Å². The van der Waals surface area contributed by atoms with Crippen LogP contribution >= 0.6 is 0 Å². The van der Waals surface area contributed by atoms with Gasteiger partial charge in [0.1, 0.15) is 23.7 Å². The zero-order chi connectivity index (χ0) is 16.8. The fraction of sp³-hybridized carbons (Fsp3) is 0.385. The van der Waals surface area contributed by atoms with E-state index < -0.39 is 34.4 Å². The monoisotopic (exact) mass is 326 g/mol. The van der Waals surface area contributed by atoms with E-state index in [0.717, 1.165) is 0 Å². The third-order valence-electron chi connectivity index (χ3n) is 2.59. The maximum atomic E-state index is 11.9. The summed E-state index contributed by atoms with van der Waals surface area (Å²) in [5, 5.41) is 0. The zero-order valence-electron chi connectivity index (χ0n) is 11.9. The van der Waals surface area contributed by atoms with Crippen molar-refractivity contribution in [3.63, 3.8) is 0 Å². The minimum absolute atomic E-state index is 0.00773. The molecule has 0 unspecified atom stereocenters. The maximum absolute atomic E-state index is 11.9. The number of hydrogen-bond donors (Lipinski definition) is 1. The summed E-state index contributed by atoms with van der Waals surface area (Å²) in [5.41, 5.74) is 0.614. The van der Waals surface area contributed by atoms with Crippen molar-refractivity contribution in [3.05, 3.63) is 29.3 Å². The third kappa shape index (κ3) is 5.86. The second-order valence-electron chi connectivity index (χ2n) is 4.28. The first-order valence-electron chi connectivity index (χ1n) is 6.42. The molecule has 0 bridgehead atoms. The van der Waals surface area contributed by atoms with Crippen molar-refractivity contribution >= 4 is 29.9 Å². The molecule has 0 aliphatic heterocycles. The molecule has 1 aromatic carbocycles. The fourth-order valence-electron chi connectivity index (χ4n) is 1.46. The van der Waals surface area contributed by atoms with Gasteiger partial charge in [-0.25, -0.2) is 4.79 Å². The van der Waals surface area contributed by atoms with Crippen molar-refractivity contribution in [2.75, 3.05) is 12.4 Å². The number of hydrogen-bond acceptors (Lipinski definition) is 6. The first kappa shape index (κ1) is 18.2. The van der Waals surface area contributed by atoms with Gasteiger partial charge in [-0.2, -0.15) is 8.42 Å². The third-order valence-corrected chi connectivity index (χ3v) is 3.27. The van der Waals surface area contributed by atoms with E-state index in [2.05, 4.69) is 0 Å². The number of esters is 2. The zero-order valence-corrected chi connectivity index (χ0v) is 12.8. The lowest BCUT2D eigenvalue weighted by atomic mass is 9.96. The van der Waals surface area contributed by atoms with Crippen molar-refractivity contribution in [1.82, 2.24) is 0 Å². The number of benzene rings is 1. The molecule has 0 aromatic heterocycles. The summed E-state index contributed by atoms with van der Waals surface area (Å²) in [6.45, 7) is 1.08. The Kier molecular flexibility index (Phi) is 6.57. The molecule has 1 rings (SSSR count). The van der Waals surface area contributed by atoms with E-state index in [9.17, 15) is 18.0 Å².